The molecule has 7 heteroatoms. The second-order valence-corrected chi connectivity index (χ2v) is 7.01. The minimum Gasteiger partial charge on any atom is -0.461 e. The van der Waals surface area contributed by atoms with Crippen LogP contribution in [0, 0.1) is 0 Å². The van der Waals surface area contributed by atoms with Gasteiger partial charge >= 0.3 is 11.7 Å². The molecular formula is C22H20N2O5. The van der Waals surface area contributed by atoms with Crippen LogP contribution in [0.5, 0.6) is 0 Å². The van der Waals surface area contributed by atoms with Gasteiger partial charge in [0.15, 0.2) is 5.58 Å². The molecular weight excluding hydrogens is 372 g/mol. The molecule has 0 amide bonds. The van der Waals surface area contributed by atoms with Crippen molar-refractivity contribution in [2.75, 3.05) is 0 Å². The summed E-state index contributed by atoms with van der Waals surface area (Å²) in [5.41, 5.74) is 2.33. The first-order valence-corrected chi connectivity index (χ1v) is 9.29. The number of esters is 1. The highest BCUT2D eigenvalue weighted by Gasteiger charge is 2.17. The van der Waals surface area contributed by atoms with Gasteiger partial charge < -0.3 is 13.7 Å². The lowest BCUT2D eigenvalue weighted by Gasteiger charge is -2.15. The Balaban J connectivity index is 1.52. The van der Waals surface area contributed by atoms with Gasteiger partial charge in [-0.1, -0.05) is 30.3 Å². The molecule has 2 aromatic carbocycles. The van der Waals surface area contributed by atoms with Crippen molar-refractivity contribution < 1.29 is 13.9 Å². The van der Waals surface area contributed by atoms with Gasteiger partial charge in [-0.15, -0.1) is 0 Å². The van der Waals surface area contributed by atoms with Gasteiger partial charge in [0.05, 0.1) is 24.0 Å². The van der Waals surface area contributed by atoms with Gasteiger partial charge in [-0.3, -0.25) is 14.2 Å². The van der Waals surface area contributed by atoms with Crippen LogP contribution in [-0.4, -0.2) is 21.2 Å². The van der Waals surface area contributed by atoms with Gasteiger partial charge in [-0.25, -0.2) is 4.79 Å². The van der Waals surface area contributed by atoms with Crippen LogP contribution < -0.4 is 11.3 Å². The van der Waals surface area contributed by atoms with Crippen molar-refractivity contribution in [3.05, 3.63) is 81.1 Å². The van der Waals surface area contributed by atoms with Gasteiger partial charge in [0.25, 0.3) is 5.56 Å². The fourth-order valence-electron chi connectivity index (χ4n) is 3.53. The van der Waals surface area contributed by atoms with Crippen LogP contribution in [0.1, 0.15) is 12.5 Å². The van der Waals surface area contributed by atoms with Crippen LogP contribution in [0.15, 0.2) is 68.6 Å². The zero-order valence-electron chi connectivity index (χ0n) is 16.1. The van der Waals surface area contributed by atoms with Gasteiger partial charge in [-0.05, 0) is 30.7 Å². The van der Waals surface area contributed by atoms with E-state index >= 15 is 0 Å². The highest BCUT2D eigenvalue weighted by atomic mass is 16.5. The minimum atomic E-state index is -0.543. The van der Waals surface area contributed by atoms with E-state index in [0.717, 1.165) is 10.9 Å². The number of benzene rings is 2. The molecule has 0 aliphatic rings. The third-order valence-electron chi connectivity index (χ3n) is 4.92. The lowest BCUT2D eigenvalue weighted by atomic mass is 10.1. The highest BCUT2D eigenvalue weighted by Crippen LogP contribution is 2.18. The number of oxazole rings is 1. The molecule has 4 aromatic rings. The molecule has 2 heterocycles. The summed E-state index contributed by atoms with van der Waals surface area (Å²) >= 11 is 0. The van der Waals surface area contributed by atoms with Crippen molar-refractivity contribution in [2.45, 2.75) is 26.0 Å². The quantitative estimate of drug-likeness (QED) is 0.488. The molecule has 0 saturated heterocycles. The first-order valence-electron chi connectivity index (χ1n) is 9.29. The summed E-state index contributed by atoms with van der Waals surface area (Å²) in [5.74, 6) is -0.955. The Kier molecular flexibility index (Phi) is 4.80. The molecule has 0 radical (unpaired) electrons. The highest BCUT2D eigenvalue weighted by molar-refractivity contribution is 5.86. The van der Waals surface area contributed by atoms with Crippen molar-refractivity contribution in [1.29, 1.82) is 0 Å². The number of carbonyl (C=O) groups is 1. The average Bonchev–Trinajstić information content (AvgIpc) is 3.01. The summed E-state index contributed by atoms with van der Waals surface area (Å²) in [7, 11) is 1.70. The molecule has 0 aliphatic heterocycles. The number of pyridine rings is 1. The number of aromatic nitrogens is 2. The van der Waals surface area contributed by atoms with E-state index < -0.39 is 17.8 Å². The standard InChI is InChI=1S/C22H20N2O5/c1-14(13-24-18-9-5-6-10-19(18)29-22(24)27)28-21(26)12-15-11-20(25)23(2)17-8-4-3-7-16(15)17/h3-11,14H,12-13H2,1-2H3/t14-/m1/s1. The van der Waals surface area contributed by atoms with Gasteiger partial charge in [0.2, 0.25) is 0 Å². The van der Waals surface area contributed by atoms with Crippen molar-refractivity contribution in [3.8, 4) is 0 Å². The number of carbonyl (C=O) groups excluding carboxylic acids is 1. The number of nitrogens with zero attached hydrogens (tertiary/aromatic N) is 2. The SMILES string of the molecule is C[C@H](Cn1c(=O)oc2ccccc21)OC(=O)Cc1cc(=O)n(C)c2ccccc12. The van der Waals surface area contributed by atoms with E-state index in [9.17, 15) is 14.4 Å². The lowest BCUT2D eigenvalue weighted by Crippen LogP contribution is -2.26. The molecule has 0 saturated carbocycles. The number of hydrogen-bond donors (Lipinski definition) is 0. The molecule has 0 N–H and O–H groups in total. The summed E-state index contributed by atoms with van der Waals surface area (Å²) < 4.78 is 13.7. The van der Waals surface area contributed by atoms with Crippen LogP contribution in [0.4, 0.5) is 0 Å². The number of hydrogen-bond acceptors (Lipinski definition) is 5. The lowest BCUT2D eigenvalue weighted by molar-refractivity contribution is -0.147. The molecule has 1 atom stereocenters. The number of rotatable bonds is 5. The number of fused-ring (bicyclic) bond motifs is 2. The van der Waals surface area contributed by atoms with Crippen LogP contribution in [-0.2, 0) is 29.5 Å². The molecule has 2 aromatic heterocycles. The Hall–Kier alpha value is -3.61. The summed E-state index contributed by atoms with van der Waals surface area (Å²) in [6.07, 6.45) is -0.568. The van der Waals surface area contributed by atoms with Crippen molar-refractivity contribution >= 4 is 28.0 Å². The van der Waals surface area contributed by atoms with Crippen LogP contribution in [0.2, 0.25) is 0 Å². The van der Waals surface area contributed by atoms with Crippen LogP contribution in [0.25, 0.3) is 22.0 Å². The van der Waals surface area contributed by atoms with E-state index in [2.05, 4.69) is 0 Å². The maximum atomic E-state index is 12.5. The molecule has 0 aliphatic carbocycles. The Bertz CT molecular complexity index is 1330. The maximum Gasteiger partial charge on any atom is 0.420 e. The fraction of sp³-hybridized carbons (Fsp3) is 0.227. The molecule has 0 bridgehead atoms. The fourth-order valence-corrected chi connectivity index (χ4v) is 3.53. The Morgan fingerprint density at radius 2 is 1.76 bits per heavy atom. The molecule has 4 rings (SSSR count). The first-order chi connectivity index (χ1) is 13.9. The number of aryl methyl sites for hydroxylation is 1. The Morgan fingerprint density at radius 3 is 2.55 bits per heavy atom. The first kappa shape index (κ1) is 18.7. The third kappa shape index (κ3) is 3.59. The molecule has 0 unspecified atom stereocenters. The van der Waals surface area contributed by atoms with Gasteiger partial charge in [0.1, 0.15) is 6.10 Å². The molecule has 0 spiro atoms. The largest absolute Gasteiger partial charge is 0.461 e. The van der Waals surface area contributed by atoms with Crippen LogP contribution >= 0.6 is 0 Å². The summed E-state index contributed by atoms with van der Waals surface area (Å²) in [6, 6.07) is 16.0. The second kappa shape index (κ2) is 7.43. The minimum absolute atomic E-state index is 0.0258. The van der Waals surface area contributed by atoms with E-state index in [4.69, 9.17) is 9.15 Å². The summed E-state index contributed by atoms with van der Waals surface area (Å²) in [4.78, 5) is 36.8. The van der Waals surface area contributed by atoms with Crippen molar-refractivity contribution in [3.63, 3.8) is 0 Å². The van der Waals surface area contributed by atoms with E-state index in [0.29, 0.717) is 16.7 Å². The topological polar surface area (TPSA) is 83.4 Å². The predicted octanol–water partition coefficient (Wildman–Crippen LogP) is 2.62. The maximum absolute atomic E-state index is 12.5. The smallest absolute Gasteiger partial charge is 0.420 e. The van der Waals surface area contributed by atoms with E-state index in [1.165, 1.54) is 10.6 Å². The second-order valence-electron chi connectivity index (χ2n) is 7.01. The molecule has 7 nitrogen and oxygen atoms in total. The monoisotopic (exact) mass is 392 g/mol. The number of para-hydroxylation sites is 3. The zero-order valence-corrected chi connectivity index (χ0v) is 16.1. The molecule has 29 heavy (non-hydrogen) atoms. The number of ether oxygens (including phenoxy) is 1. The average molecular weight is 392 g/mol. The normalized spacial score (nSPS) is 12.3. The summed E-state index contributed by atoms with van der Waals surface area (Å²) in [5, 5.41) is 0.830. The van der Waals surface area contributed by atoms with Crippen LogP contribution in [0.3, 0.4) is 0 Å². The van der Waals surface area contributed by atoms with E-state index in [1.807, 2.05) is 30.3 Å². The van der Waals surface area contributed by atoms with E-state index in [1.54, 1.807) is 36.7 Å². The van der Waals surface area contributed by atoms with E-state index in [-0.39, 0.29) is 18.5 Å². The third-order valence-corrected chi connectivity index (χ3v) is 4.92. The predicted molar refractivity (Wildman–Crippen MR) is 109 cm³/mol. The van der Waals surface area contributed by atoms with Gasteiger partial charge in [-0.2, -0.15) is 0 Å². The zero-order chi connectivity index (χ0) is 20.5. The Morgan fingerprint density at radius 1 is 1.07 bits per heavy atom. The summed E-state index contributed by atoms with van der Waals surface area (Å²) in [6.45, 7) is 1.90. The Labute approximate surface area is 165 Å². The van der Waals surface area contributed by atoms with Crippen molar-refractivity contribution in [1.82, 2.24) is 9.13 Å². The van der Waals surface area contributed by atoms with Gasteiger partial charge in [0, 0.05) is 18.5 Å². The van der Waals surface area contributed by atoms with Crippen molar-refractivity contribution in [2.24, 2.45) is 7.05 Å². The molecule has 0 fully saturated rings. The molecule has 148 valence electrons.